The molecule has 0 bridgehead atoms. The monoisotopic (exact) mass is 452 g/mol. The maximum Gasteiger partial charge on any atom is 0.282 e. The summed E-state index contributed by atoms with van der Waals surface area (Å²) in [5.41, 5.74) is 1.53. The average molecular weight is 453 g/mol. The number of halogens is 2. The van der Waals surface area contributed by atoms with Gasteiger partial charge in [-0.3, -0.25) is 9.59 Å². The van der Waals surface area contributed by atoms with Crippen molar-refractivity contribution in [2.75, 3.05) is 24.4 Å². The number of carbonyl (C=O) groups excluding carboxylic acids is 2. The van der Waals surface area contributed by atoms with Gasteiger partial charge in [0.25, 0.3) is 11.8 Å². The number of nitrogens with zero attached hydrogens (tertiary/aromatic N) is 1. The van der Waals surface area contributed by atoms with E-state index in [-0.39, 0.29) is 17.0 Å². The molecule has 162 valence electrons. The molecule has 0 radical (unpaired) electrons. The fourth-order valence-corrected chi connectivity index (χ4v) is 3.64. The Balaban J connectivity index is 1.80. The summed E-state index contributed by atoms with van der Waals surface area (Å²) in [6.07, 6.45) is 0. The second-order valence-electron chi connectivity index (χ2n) is 6.87. The van der Waals surface area contributed by atoms with Gasteiger partial charge in [0.05, 0.1) is 30.5 Å². The Kier molecular flexibility index (Phi) is 5.83. The number of hydrogen-bond donors (Lipinski definition) is 1. The molecule has 2 amide bonds. The molecule has 1 aliphatic heterocycles. The van der Waals surface area contributed by atoms with Crippen LogP contribution in [0.25, 0.3) is 5.57 Å². The highest BCUT2D eigenvalue weighted by atomic mass is 35.5. The Bertz CT molecular complexity index is 1220. The first-order valence-corrected chi connectivity index (χ1v) is 9.94. The van der Waals surface area contributed by atoms with Crippen molar-refractivity contribution in [1.29, 1.82) is 0 Å². The van der Waals surface area contributed by atoms with Crippen molar-refractivity contribution in [1.82, 2.24) is 0 Å². The SMILES string of the molecule is COc1ccc(C2=C(Nc3ccc(OC)c(Cl)c3)C(=O)N(c3ccc(F)cc3)C2=O)cc1. The third kappa shape index (κ3) is 3.90. The number of carbonyl (C=O) groups is 2. The number of hydrogen-bond acceptors (Lipinski definition) is 5. The second kappa shape index (κ2) is 8.72. The van der Waals surface area contributed by atoms with Gasteiger partial charge in [-0.05, 0) is 60.2 Å². The molecule has 4 rings (SSSR count). The normalized spacial score (nSPS) is 13.6. The molecule has 0 unspecified atom stereocenters. The molecule has 1 heterocycles. The molecule has 0 fully saturated rings. The summed E-state index contributed by atoms with van der Waals surface area (Å²) in [7, 11) is 3.04. The van der Waals surface area contributed by atoms with E-state index in [1.165, 1.54) is 38.5 Å². The summed E-state index contributed by atoms with van der Waals surface area (Å²) in [4.78, 5) is 27.7. The van der Waals surface area contributed by atoms with Gasteiger partial charge in [-0.25, -0.2) is 9.29 Å². The van der Waals surface area contributed by atoms with Crippen LogP contribution in [0, 0.1) is 5.82 Å². The Morgan fingerprint density at radius 3 is 2.16 bits per heavy atom. The zero-order valence-corrected chi connectivity index (χ0v) is 17.9. The van der Waals surface area contributed by atoms with Crippen molar-refractivity contribution in [2.45, 2.75) is 0 Å². The lowest BCUT2D eigenvalue weighted by Gasteiger charge is -2.15. The molecule has 32 heavy (non-hydrogen) atoms. The Hall–Kier alpha value is -3.84. The van der Waals surface area contributed by atoms with E-state index in [0.717, 1.165) is 4.90 Å². The summed E-state index contributed by atoms with van der Waals surface area (Å²) < 4.78 is 23.7. The standard InChI is InChI=1S/C24H18ClFN2O4/c1-31-18-10-3-14(4-11-18)21-22(27-16-7-12-20(32-2)19(25)13-16)24(30)28(23(21)29)17-8-5-15(26)6-9-17/h3-13,27H,1-2H3. The smallest absolute Gasteiger partial charge is 0.282 e. The van der Waals surface area contributed by atoms with Crippen LogP contribution in [0.15, 0.2) is 72.4 Å². The van der Waals surface area contributed by atoms with Crippen molar-refractivity contribution >= 4 is 40.4 Å². The second-order valence-corrected chi connectivity index (χ2v) is 7.28. The first-order valence-electron chi connectivity index (χ1n) is 9.56. The Morgan fingerprint density at radius 1 is 0.875 bits per heavy atom. The lowest BCUT2D eigenvalue weighted by atomic mass is 10.0. The molecular formula is C24H18ClFN2O4. The molecule has 1 N–H and O–H groups in total. The minimum Gasteiger partial charge on any atom is -0.497 e. The van der Waals surface area contributed by atoms with Crippen LogP contribution in [-0.2, 0) is 9.59 Å². The fourth-order valence-electron chi connectivity index (χ4n) is 3.38. The van der Waals surface area contributed by atoms with E-state index in [4.69, 9.17) is 21.1 Å². The van der Waals surface area contributed by atoms with E-state index in [9.17, 15) is 14.0 Å². The van der Waals surface area contributed by atoms with Crippen molar-refractivity contribution in [2.24, 2.45) is 0 Å². The van der Waals surface area contributed by atoms with E-state index >= 15 is 0 Å². The minimum absolute atomic E-state index is 0.0747. The van der Waals surface area contributed by atoms with E-state index in [0.29, 0.717) is 27.8 Å². The largest absolute Gasteiger partial charge is 0.497 e. The van der Waals surface area contributed by atoms with Crippen LogP contribution in [0.1, 0.15) is 5.56 Å². The number of imide groups is 1. The van der Waals surface area contributed by atoms with Gasteiger partial charge in [-0.2, -0.15) is 0 Å². The molecule has 3 aromatic carbocycles. The summed E-state index contributed by atoms with van der Waals surface area (Å²) in [6.45, 7) is 0. The van der Waals surface area contributed by atoms with Gasteiger partial charge in [-0.15, -0.1) is 0 Å². The van der Waals surface area contributed by atoms with Gasteiger partial charge < -0.3 is 14.8 Å². The predicted molar refractivity (Wildman–Crippen MR) is 120 cm³/mol. The quantitative estimate of drug-likeness (QED) is 0.539. The summed E-state index contributed by atoms with van der Waals surface area (Å²) >= 11 is 6.21. The third-order valence-electron chi connectivity index (χ3n) is 4.97. The summed E-state index contributed by atoms with van der Waals surface area (Å²) in [6, 6.07) is 16.8. The van der Waals surface area contributed by atoms with E-state index in [1.807, 2.05) is 0 Å². The number of nitrogens with one attached hydrogen (secondary N) is 1. The number of amides is 2. The first kappa shape index (κ1) is 21.4. The van der Waals surface area contributed by atoms with Crippen LogP contribution in [-0.4, -0.2) is 26.0 Å². The number of anilines is 2. The van der Waals surface area contributed by atoms with Crippen LogP contribution in [0.4, 0.5) is 15.8 Å². The molecule has 3 aromatic rings. The van der Waals surface area contributed by atoms with Crippen LogP contribution >= 0.6 is 11.6 Å². The van der Waals surface area contributed by atoms with Crippen molar-refractivity contribution < 1.29 is 23.5 Å². The Morgan fingerprint density at radius 2 is 1.56 bits per heavy atom. The van der Waals surface area contributed by atoms with Crippen LogP contribution in [0.2, 0.25) is 5.02 Å². The van der Waals surface area contributed by atoms with E-state index < -0.39 is 17.6 Å². The molecule has 0 saturated heterocycles. The van der Waals surface area contributed by atoms with Crippen molar-refractivity contribution in [3.63, 3.8) is 0 Å². The molecule has 6 nitrogen and oxygen atoms in total. The minimum atomic E-state index is -0.570. The number of ether oxygens (including phenoxy) is 2. The maximum absolute atomic E-state index is 13.4. The highest BCUT2D eigenvalue weighted by Gasteiger charge is 2.40. The lowest BCUT2D eigenvalue weighted by molar-refractivity contribution is -0.120. The lowest BCUT2D eigenvalue weighted by Crippen LogP contribution is -2.32. The van der Waals surface area contributed by atoms with Crippen LogP contribution < -0.4 is 19.7 Å². The molecule has 0 saturated carbocycles. The fraction of sp³-hybridized carbons (Fsp3) is 0.0833. The van der Waals surface area contributed by atoms with Gasteiger partial charge in [0.1, 0.15) is 23.0 Å². The zero-order chi connectivity index (χ0) is 22.8. The zero-order valence-electron chi connectivity index (χ0n) is 17.2. The van der Waals surface area contributed by atoms with E-state index in [2.05, 4.69) is 5.32 Å². The number of methoxy groups -OCH3 is 2. The average Bonchev–Trinajstić information content (AvgIpc) is 3.04. The van der Waals surface area contributed by atoms with Gasteiger partial charge in [0.15, 0.2) is 0 Å². The summed E-state index contributed by atoms with van der Waals surface area (Å²) in [5.74, 6) is -0.489. The van der Waals surface area contributed by atoms with Crippen LogP contribution in [0.5, 0.6) is 11.5 Å². The van der Waals surface area contributed by atoms with Gasteiger partial charge >= 0.3 is 0 Å². The molecule has 1 aliphatic rings. The van der Waals surface area contributed by atoms with E-state index in [1.54, 1.807) is 42.5 Å². The maximum atomic E-state index is 13.4. The molecule has 8 heteroatoms. The van der Waals surface area contributed by atoms with Gasteiger partial charge in [0, 0.05) is 5.69 Å². The number of rotatable bonds is 6. The molecule has 0 atom stereocenters. The Labute approximate surface area is 188 Å². The highest BCUT2D eigenvalue weighted by Crippen LogP contribution is 2.35. The first-order chi connectivity index (χ1) is 15.4. The molecule has 0 spiro atoms. The highest BCUT2D eigenvalue weighted by molar-refractivity contribution is 6.46. The van der Waals surface area contributed by atoms with Crippen molar-refractivity contribution in [3.05, 3.63) is 88.8 Å². The summed E-state index contributed by atoms with van der Waals surface area (Å²) in [5, 5.41) is 3.37. The third-order valence-corrected chi connectivity index (χ3v) is 5.26. The van der Waals surface area contributed by atoms with Crippen molar-refractivity contribution in [3.8, 4) is 11.5 Å². The molecular weight excluding hydrogens is 435 g/mol. The van der Waals surface area contributed by atoms with Gasteiger partial charge in [-0.1, -0.05) is 23.7 Å². The molecule has 0 aliphatic carbocycles. The molecule has 0 aromatic heterocycles. The number of benzene rings is 3. The van der Waals surface area contributed by atoms with Gasteiger partial charge in [0.2, 0.25) is 0 Å². The topological polar surface area (TPSA) is 67.9 Å². The predicted octanol–water partition coefficient (Wildman–Crippen LogP) is 4.89. The van der Waals surface area contributed by atoms with Crippen LogP contribution in [0.3, 0.4) is 0 Å².